The maximum absolute atomic E-state index is 11.4. The van der Waals surface area contributed by atoms with E-state index in [9.17, 15) is 14.9 Å². The van der Waals surface area contributed by atoms with Gasteiger partial charge in [-0.15, -0.1) is 16.4 Å². The number of Topliss-reactive ketones (excluding diaryl/α,β-unsaturated/α-hetero) is 1. The van der Waals surface area contributed by atoms with Crippen LogP contribution in [0.5, 0.6) is 0 Å². The van der Waals surface area contributed by atoms with Crippen molar-refractivity contribution in [2.75, 3.05) is 0 Å². The van der Waals surface area contributed by atoms with Crippen molar-refractivity contribution >= 4 is 34.6 Å². The van der Waals surface area contributed by atoms with Crippen molar-refractivity contribution in [1.29, 1.82) is 0 Å². The first kappa shape index (κ1) is 16.3. The Kier molecular flexibility index (Phi) is 4.67. The van der Waals surface area contributed by atoms with Gasteiger partial charge in [0, 0.05) is 16.5 Å². The Labute approximate surface area is 144 Å². The number of thiophene rings is 1. The van der Waals surface area contributed by atoms with E-state index in [-0.39, 0.29) is 11.5 Å². The number of hydrogen-bond donors (Lipinski definition) is 0. The lowest BCUT2D eigenvalue weighted by atomic mass is 10.1. The molecule has 0 radical (unpaired) electrons. The third-order valence-electron chi connectivity index (χ3n) is 3.15. The van der Waals surface area contributed by atoms with Crippen molar-refractivity contribution < 1.29 is 9.72 Å². The highest BCUT2D eigenvalue weighted by molar-refractivity contribution is 7.99. The summed E-state index contributed by atoms with van der Waals surface area (Å²) in [6, 6.07) is 8.28. The minimum absolute atomic E-state index is 0.140. The number of nitro groups is 1. The van der Waals surface area contributed by atoms with E-state index in [4.69, 9.17) is 0 Å². The van der Waals surface area contributed by atoms with E-state index in [1.807, 2.05) is 17.5 Å². The van der Waals surface area contributed by atoms with Gasteiger partial charge in [-0.3, -0.25) is 14.9 Å². The van der Waals surface area contributed by atoms with Gasteiger partial charge in [0.05, 0.1) is 16.4 Å². The fourth-order valence-electron chi connectivity index (χ4n) is 1.98. The number of nitro benzene ring substituents is 1. The fourth-order valence-corrected chi connectivity index (χ4v) is 3.52. The zero-order valence-electron chi connectivity index (χ0n) is 12.4. The lowest BCUT2D eigenvalue weighted by molar-refractivity contribution is -0.387. The van der Waals surface area contributed by atoms with Gasteiger partial charge in [-0.05, 0) is 52.7 Å². The first-order chi connectivity index (χ1) is 11.5. The molecule has 0 amide bonds. The van der Waals surface area contributed by atoms with Crippen LogP contribution in [0.4, 0.5) is 5.69 Å². The molecule has 1 aromatic carbocycles. The molecular weight excluding hydrogens is 350 g/mol. The van der Waals surface area contributed by atoms with Crippen LogP contribution in [0.15, 0.2) is 45.8 Å². The predicted octanol–water partition coefficient (Wildman–Crippen LogP) is 3.04. The lowest BCUT2D eigenvalue weighted by Gasteiger charge is -2.05. The summed E-state index contributed by atoms with van der Waals surface area (Å²) < 4.78 is 1.58. The van der Waals surface area contributed by atoms with E-state index in [2.05, 4.69) is 15.5 Å². The second-order valence-corrected chi connectivity index (χ2v) is 6.84. The molecular formula is C14H11N5O3S2. The van der Waals surface area contributed by atoms with Crippen LogP contribution < -0.4 is 0 Å². The topological polar surface area (TPSA) is 104 Å². The predicted molar refractivity (Wildman–Crippen MR) is 88.5 cm³/mol. The average molecular weight is 361 g/mol. The minimum Gasteiger partial charge on any atom is -0.295 e. The normalized spacial score (nSPS) is 10.7. The van der Waals surface area contributed by atoms with Gasteiger partial charge in [-0.2, -0.15) is 0 Å². The molecule has 3 rings (SSSR count). The first-order valence-electron chi connectivity index (χ1n) is 6.80. The van der Waals surface area contributed by atoms with Gasteiger partial charge in [-0.1, -0.05) is 6.07 Å². The van der Waals surface area contributed by atoms with E-state index >= 15 is 0 Å². The molecule has 3 aromatic rings. The molecule has 122 valence electrons. The molecule has 0 aliphatic rings. The SMILES string of the molecule is CC(=O)c1ccc(Sc2nnnn2Cc2cccs2)c([N+](=O)[O-])c1. The van der Waals surface area contributed by atoms with Crippen LogP contribution in [0, 0.1) is 10.1 Å². The van der Waals surface area contributed by atoms with Gasteiger partial charge in [0.1, 0.15) is 0 Å². The molecule has 0 aliphatic carbocycles. The number of aromatic nitrogens is 4. The molecule has 0 unspecified atom stereocenters. The smallest absolute Gasteiger partial charge is 0.284 e. The molecule has 0 fully saturated rings. The zero-order valence-corrected chi connectivity index (χ0v) is 14.1. The van der Waals surface area contributed by atoms with Crippen LogP contribution in [-0.2, 0) is 6.54 Å². The molecule has 0 spiro atoms. The highest BCUT2D eigenvalue weighted by Gasteiger charge is 2.20. The number of tetrazole rings is 1. The summed E-state index contributed by atoms with van der Waals surface area (Å²) in [5, 5.41) is 25.2. The Morgan fingerprint density at radius 2 is 2.25 bits per heavy atom. The molecule has 2 aromatic heterocycles. The van der Waals surface area contributed by atoms with E-state index in [1.54, 1.807) is 28.2 Å². The summed E-state index contributed by atoms with van der Waals surface area (Å²) in [5.41, 5.74) is 0.155. The zero-order chi connectivity index (χ0) is 17.1. The van der Waals surface area contributed by atoms with Gasteiger partial charge >= 0.3 is 0 Å². The van der Waals surface area contributed by atoms with Crippen molar-refractivity contribution in [3.8, 4) is 0 Å². The van der Waals surface area contributed by atoms with Crippen LogP contribution in [0.1, 0.15) is 22.2 Å². The van der Waals surface area contributed by atoms with Gasteiger partial charge in [0.25, 0.3) is 5.69 Å². The maximum atomic E-state index is 11.4. The number of benzene rings is 1. The second-order valence-electron chi connectivity index (χ2n) is 4.80. The van der Waals surface area contributed by atoms with Gasteiger partial charge in [0.2, 0.25) is 5.16 Å². The average Bonchev–Trinajstić information content (AvgIpc) is 3.20. The maximum Gasteiger partial charge on any atom is 0.284 e. The minimum atomic E-state index is -0.512. The van der Waals surface area contributed by atoms with Crippen LogP contribution >= 0.6 is 23.1 Å². The van der Waals surface area contributed by atoms with Crippen LogP contribution in [-0.4, -0.2) is 30.9 Å². The monoisotopic (exact) mass is 361 g/mol. The molecule has 8 nitrogen and oxygen atoms in total. The Bertz CT molecular complexity index is 892. The Hall–Kier alpha value is -2.59. The molecule has 0 bridgehead atoms. The molecule has 0 saturated heterocycles. The summed E-state index contributed by atoms with van der Waals surface area (Å²) in [4.78, 5) is 23.7. The van der Waals surface area contributed by atoms with Crippen molar-refractivity contribution in [1.82, 2.24) is 20.2 Å². The summed E-state index contributed by atoms with van der Waals surface area (Å²) in [6.07, 6.45) is 0. The molecule has 0 atom stereocenters. The number of ketones is 1. The highest BCUT2D eigenvalue weighted by atomic mass is 32.2. The number of hydrogen-bond acceptors (Lipinski definition) is 8. The van der Waals surface area contributed by atoms with Crippen molar-refractivity contribution in [3.63, 3.8) is 0 Å². The van der Waals surface area contributed by atoms with E-state index in [0.717, 1.165) is 16.6 Å². The number of rotatable bonds is 6. The Morgan fingerprint density at radius 3 is 2.92 bits per heavy atom. The van der Waals surface area contributed by atoms with E-state index < -0.39 is 4.92 Å². The van der Waals surface area contributed by atoms with Crippen molar-refractivity contribution in [2.24, 2.45) is 0 Å². The van der Waals surface area contributed by atoms with E-state index in [1.165, 1.54) is 13.0 Å². The summed E-state index contributed by atoms with van der Waals surface area (Å²) in [6.45, 7) is 1.86. The molecule has 24 heavy (non-hydrogen) atoms. The number of nitrogens with zero attached hydrogens (tertiary/aromatic N) is 5. The summed E-state index contributed by atoms with van der Waals surface area (Å²) >= 11 is 2.67. The summed E-state index contributed by atoms with van der Waals surface area (Å²) in [7, 11) is 0. The second kappa shape index (κ2) is 6.89. The van der Waals surface area contributed by atoms with Crippen LogP contribution in [0.25, 0.3) is 0 Å². The Balaban J connectivity index is 1.90. The van der Waals surface area contributed by atoms with Gasteiger partial charge < -0.3 is 0 Å². The lowest BCUT2D eigenvalue weighted by Crippen LogP contribution is -2.03. The number of carbonyl (C=O) groups excluding carboxylic acids is 1. The molecule has 0 aliphatic heterocycles. The third-order valence-corrected chi connectivity index (χ3v) is 5.05. The largest absolute Gasteiger partial charge is 0.295 e. The van der Waals surface area contributed by atoms with Crippen LogP contribution in [0.2, 0.25) is 0 Å². The Morgan fingerprint density at radius 1 is 1.42 bits per heavy atom. The number of carbonyl (C=O) groups is 1. The third kappa shape index (κ3) is 3.49. The molecule has 0 N–H and O–H groups in total. The van der Waals surface area contributed by atoms with Crippen LogP contribution in [0.3, 0.4) is 0 Å². The van der Waals surface area contributed by atoms with Crippen molar-refractivity contribution in [2.45, 2.75) is 23.5 Å². The fraction of sp³-hybridized carbons (Fsp3) is 0.143. The molecule has 10 heteroatoms. The van der Waals surface area contributed by atoms with Gasteiger partial charge in [-0.25, -0.2) is 4.68 Å². The van der Waals surface area contributed by atoms with E-state index in [0.29, 0.717) is 22.2 Å². The molecule has 0 saturated carbocycles. The molecule has 2 heterocycles. The van der Waals surface area contributed by atoms with Crippen molar-refractivity contribution in [3.05, 3.63) is 56.3 Å². The highest BCUT2D eigenvalue weighted by Crippen LogP contribution is 2.34. The summed E-state index contributed by atoms with van der Waals surface area (Å²) in [5.74, 6) is -0.225. The van der Waals surface area contributed by atoms with Gasteiger partial charge in [0.15, 0.2) is 5.78 Å². The first-order valence-corrected chi connectivity index (χ1v) is 8.50. The quantitative estimate of drug-likeness (QED) is 0.377. The standard InChI is InChI=1S/C14H11N5O3S2/c1-9(20)10-4-5-13(12(7-10)19(21)22)24-14-15-16-17-18(14)8-11-3-2-6-23-11/h2-7H,8H2,1H3.